The first kappa shape index (κ1) is 12.9. The Morgan fingerprint density at radius 3 is 2.83 bits per heavy atom. The van der Waals surface area contributed by atoms with Crippen LogP contribution < -0.4 is 0 Å². The van der Waals surface area contributed by atoms with Crippen LogP contribution in [0.4, 0.5) is 0 Å². The van der Waals surface area contributed by atoms with Crippen LogP contribution in [0.3, 0.4) is 0 Å². The van der Waals surface area contributed by atoms with Gasteiger partial charge in [0, 0.05) is 30.2 Å². The molecule has 0 aliphatic heterocycles. The van der Waals surface area contributed by atoms with E-state index in [1.165, 1.54) is 22.0 Å². The van der Waals surface area contributed by atoms with Crippen LogP contribution in [0.15, 0.2) is 42.1 Å². The van der Waals surface area contributed by atoms with Gasteiger partial charge in [-0.2, -0.15) is 0 Å². The van der Waals surface area contributed by atoms with E-state index in [1.54, 1.807) is 0 Å². The number of benzene rings is 1. The maximum Gasteiger partial charge on any atom is 0.0456 e. The van der Waals surface area contributed by atoms with Crippen molar-refractivity contribution in [2.75, 3.05) is 20.1 Å². The topological polar surface area (TPSA) is 19.0 Å². The monoisotopic (exact) mass is 242 g/mol. The molecule has 2 nitrogen and oxygen atoms in total. The third-order valence-corrected chi connectivity index (χ3v) is 3.25. The van der Waals surface area contributed by atoms with Gasteiger partial charge in [0.05, 0.1) is 0 Å². The number of hydrogen-bond acceptors (Lipinski definition) is 1. The second kappa shape index (κ2) is 5.87. The van der Waals surface area contributed by atoms with Gasteiger partial charge < -0.3 is 9.88 Å². The van der Waals surface area contributed by atoms with Crippen LogP contribution >= 0.6 is 0 Å². The van der Waals surface area contributed by atoms with Gasteiger partial charge in [0.15, 0.2) is 0 Å². The molecule has 2 aromatic rings. The number of hydrogen-bond donors (Lipinski definition) is 1. The molecule has 1 heterocycles. The van der Waals surface area contributed by atoms with Crippen molar-refractivity contribution in [2.45, 2.75) is 20.3 Å². The third-order valence-electron chi connectivity index (χ3n) is 3.25. The summed E-state index contributed by atoms with van der Waals surface area (Å²) in [5.74, 6) is 0. The second-order valence-electron chi connectivity index (χ2n) is 5.15. The van der Waals surface area contributed by atoms with Crippen molar-refractivity contribution in [3.05, 3.63) is 47.7 Å². The molecular formula is C16H22N2. The average Bonchev–Trinajstić information content (AvgIpc) is 2.77. The Bertz CT molecular complexity index is 533. The Morgan fingerprint density at radius 2 is 2.06 bits per heavy atom. The van der Waals surface area contributed by atoms with E-state index < -0.39 is 0 Å². The predicted molar refractivity (Wildman–Crippen MR) is 78.9 cm³/mol. The Balaban J connectivity index is 1.96. The lowest BCUT2D eigenvalue weighted by Gasteiger charge is -2.14. The largest absolute Gasteiger partial charge is 0.361 e. The molecule has 0 fully saturated rings. The van der Waals surface area contributed by atoms with Crippen molar-refractivity contribution in [3.8, 4) is 0 Å². The normalized spacial score (nSPS) is 11.1. The highest BCUT2D eigenvalue weighted by Gasteiger charge is 2.03. The first-order valence-corrected chi connectivity index (χ1v) is 6.53. The number of fused-ring (bicyclic) bond motifs is 1. The zero-order valence-corrected chi connectivity index (χ0v) is 11.5. The first-order chi connectivity index (χ1) is 8.66. The van der Waals surface area contributed by atoms with E-state index in [-0.39, 0.29) is 0 Å². The molecule has 0 amide bonds. The number of nitrogens with one attached hydrogen (secondary N) is 1. The molecule has 1 aromatic carbocycles. The summed E-state index contributed by atoms with van der Waals surface area (Å²) >= 11 is 0. The highest BCUT2D eigenvalue weighted by atomic mass is 15.1. The standard InChI is InChI=1S/C16H22N2/c1-13(2)8-10-18(3)11-9-14-12-17-16-7-5-4-6-15(14)16/h4-8,12,17H,9-11H2,1-3H3. The van der Waals surface area contributed by atoms with Gasteiger partial charge in [-0.05, 0) is 38.9 Å². The summed E-state index contributed by atoms with van der Waals surface area (Å²) in [6.07, 6.45) is 5.51. The molecule has 0 atom stereocenters. The summed E-state index contributed by atoms with van der Waals surface area (Å²) in [4.78, 5) is 5.69. The predicted octanol–water partition coefficient (Wildman–Crippen LogP) is 3.61. The van der Waals surface area contributed by atoms with Gasteiger partial charge in [-0.3, -0.25) is 0 Å². The Kier molecular flexibility index (Phi) is 4.21. The van der Waals surface area contributed by atoms with Gasteiger partial charge in [-0.1, -0.05) is 29.8 Å². The van der Waals surface area contributed by atoms with Gasteiger partial charge in [0.1, 0.15) is 0 Å². The molecule has 0 spiro atoms. The van der Waals surface area contributed by atoms with Crippen LogP contribution in [0.2, 0.25) is 0 Å². The lowest BCUT2D eigenvalue weighted by Crippen LogP contribution is -2.21. The molecule has 0 saturated heterocycles. The molecule has 0 aliphatic rings. The first-order valence-electron chi connectivity index (χ1n) is 6.53. The van der Waals surface area contributed by atoms with Crippen LogP contribution in [0, 0.1) is 0 Å². The Hall–Kier alpha value is -1.54. The fraction of sp³-hybridized carbons (Fsp3) is 0.375. The average molecular weight is 242 g/mol. The molecule has 1 N–H and O–H groups in total. The van der Waals surface area contributed by atoms with Gasteiger partial charge >= 0.3 is 0 Å². The van der Waals surface area contributed by atoms with Crippen LogP contribution in [0.1, 0.15) is 19.4 Å². The second-order valence-corrected chi connectivity index (χ2v) is 5.15. The quantitative estimate of drug-likeness (QED) is 0.794. The molecule has 0 aliphatic carbocycles. The van der Waals surface area contributed by atoms with Crippen LogP contribution in [-0.2, 0) is 6.42 Å². The van der Waals surface area contributed by atoms with Crippen molar-refractivity contribution in [3.63, 3.8) is 0 Å². The molecular weight excluding hydrogens is 220 g/mol. The van der Waals surface area contributed by atoms with Gasteiger partial charge in [0.2, 0.25) is 0 Å². The van der Waals surface area contributed by atoms with Crippen LogP contribution in [0.5, 0.6) is 0 Å². The number of para-hydroxylation sites is 1. The summed E-state index contributed by atoms with van der Waals surface area (Å²) in [6, 6.07) is 8.50. The fourth-order valence-corrected chi connectivity index (χ4v) is 2.08. The van der Waals surface area contributed by atoms with E-state index in [9.17, 15) is 0 Å². The van der Waals surface area contributed by atoms with E-state index in [0.29, 0.717) is 0 Å². The smallest absolute Gasteiger partial charge is 0.0456 e. The molecule has 0 unspecified atom stereocenters. The zero-order chi connectivity index (χ0) is 13.0. The minimum Gasteiger partial charge on any atom is -0.361 e. The minimum absolute atomic E-state index is 1.03. The summed E-state index contributed by atoms with van der Waals surface area (Å²) in [5, 5.41) is 1.35. The number of likely N-dealkylation sites (N-methyl/N-ethyl adjacent to an activating group) is 1. The van der Waals surface area contributed by atoms with Crippen molar-refractivity contribution < 1.29 is 0 Å². The lowest BCUT2D eigenvalue weighted by molar-refractivity contribution is 0.375. The Labute approximate surface area is 109 Å². The van der Waals surface area contributed by atoms with E-state index in [2.05, 4.69) is 67.3 Å². The maximum absolute atomic E-state index is 3.33. The van der Waals surface area contributed by atoms with E-state index in [1.807, 2.05) is 0 Å². The van der Waals surface area contributed by atoms with Crippen molar-refractivity contribution >= 4 is 10.9 Å². The fourth-order valence-electron chi connectivity index (χ4n) is 2.08. The number of aromatic nitrogens is 1. The van der Waals surface area contributed by atoms with Crippen molar-refractivity contribution in [1.29, 1.82) is 0 Å². The maximum atomic E-state index is 3.33. The Morgan fingerprint density at radius 1 is 1.28 bits per heavy atom. The molecule has 1 aromatic heterocycles. The minimum atomic E-state index is 1.03. The SMILES string of the molecule is CC(C)=CCN(C)CCc1c[nH]c2ccccc12. The molecule has 96 valence electrons. The van der Waals surface area contributed by atoms with E-state index in [0.717, 1.165) is 19.5 Å². The highest BCUT2D eigenvalue weighted by molar-refractivity contribution is 5.83. The summed E-state index contributed by atoms with van der Waals surface area (Å²) in [6.45, 7) is 6.41. The summed E-state index contributed by atoms with van der Waals surface area (Å²) < 4.78 is 0. The van der Waals surface area contributed by atoms with Gasteiger partial charge in [-0.25, -0.2) is 0 Å². The molecule has 2 rings (SSSR count). The van der Waals surface area contributed by atoms with Gasteiger partial charge in [0.25, 0.3) is 0 Å². The number of aromatic amines is 1. The molecule has 0 bridgehead atoms. The van der Waals surface area contributed by atoms with Crippen molar-refractivity contribution in [2.24, 2.45) is 0 Å². The molecule has 0 radical (unpaired) electrons. The molecule has 18 heavy (non-hydrogen) atoms. The van der Waals surface area contributed by atoms with Crippen molar-refractivity contribution in [1.82, 2.24) is 9.88 Å². The molecule has 2 heteroatoms. The number of rotatable bonds is 5. The summed E-state index contributed by atoms with van der Waals surface area (Å²) in [5.41, 5.74) is 4.03. The van der Waals surface area contributed by atoms with Crippen LogP contribution in [-0.4, -0.2) is 30.0 Å². The lowest BCUT2D eigenvalue weighted by atomic mass is 10.1. The third kappa shape index (κ3) is 3.23. The number of allylic oxidation sites excluding steroid dienone is 1. The van der Waals surface area contributed by atoms with Crippen LogP contribution in [0.25, 0.3) is 10.9 Å². The molecule has 0 saturated carbocycles. The van der Waals surface area contributed by atoms with Gasteiger partial charge in [-0.15, -0.1) is 0 Å². The zero-order valence-electron chi connectivity index (χ0n) is 11.5. The highest BCUT2D eigenvalue weighted by Crippen LogP contribution is 2.18. The summed E-state index contributed by atoms with van der Waals surface area (Å²) in [7, 11) is 2.17. The number of H-pyrrole nitrogens is 1. The number of nitrogens with zero attached hydrogens (tertiary/aromatic N) is 1. The van der Waals surface area contributed by atoms with E-state index in [4.69, 9.17) is 0 Å². The van der Waals surface area contributed by atoms with E-state index >= 15 is 0 Å².